The summed E-state index contributed by atoms with van der Waals surface area (Å²) < 4.78 is 0. The van der Waals surface area contributed by atoms with E-state index in [0.717, 1.165) is 5.57 Å². The Bertz CT molecular complexity index is 1840. The molecule has 1 heteroatoms. The highest BCUT2D eigenvalue weighted by Crippen LogP contribution is 2.47. The second-order valence-electron chi connectivity index (χ2n) is 9.69. The maximum Gasteiger partial charge on any atom is 0.0352 e. The zero-order valence-electron chi connectivity index (χ0n) is 20.4. The molecule has 1 aromatic heterocycles. The van der Waals surface area contributed by atoms with E-state index < -0.39 is 0 Å². The molecule has 37 heavy (non-hydrogen) atoms. The summed E-state index contributed by atoms with van der Waals surface area (Å²) >= 11 is 0. The highest BCUT2D eigenvalue weighted by Gasteiger charge is 2.27. The van der Waals surface area contributed by atoms with Gasteiger partial charge < -0.3 is 0 Å². The topological polar surface area (TPSA) is 12.9 Å². The van der Waals surface area contributed by atoms with Crippen LogP contribution in [0.1, 0.15) is 28.2 Å². The van der Waals surface area contributed by atoms with Crippen LogP contribution < -0.4 is 0 Å². The van der Waals surface area contributed by atoms with E-state index in [2.05, 4.69) is 133 Å². The molecule has 0 amide bonds. The molecule has 174 valence electrons. The minimum atomic E-state index is 0.0805. The lowest BCUT2D eigenvalue weighted by atomic mass is 9.74. The van der Waals surface area contributed by atoms with Gasteiger partial charge in [-0.2, -0.15) is 0 Å². The van der Waals surface area contributed by atoms with E-state index in [0.29, 0.717) is 0 Å². The lowest BCUT2D eigenvalue weighted by molar-refractivity contribution is 1.09. The average Bonchev–Trinajstić information content (AvgIpc) is 2.97. The zero-order chi connectivity index (χ0) is 24.8. The summed E-state index contributed by atoms with van der Waals surface area (Å²) in [6, 6.07) is 41.3. The Balaban J connectivity index is 1.43. The standard InChI is InChI=1S/C36H25N/c1-24-30-18-17-26-11-5-6-15-32(26)36(30)34(25-9-3-2-4-10-25)22-33(24)29-14-7-13-28(21-29)31-16-8-12-27-19-20-37-23-35(27)31/h2-23,33H,1H2. The van der Waals surface area contributed by atoms with Crippen LogP contribution in [-0.2, 0) is 0 Å². The lowest BCUT2D eigenvalue weighted by Crippen LogP contribution is -2.09. The number of fused-ring (bicyclic) bond motifs is 4. The van der Waals surface area contributed by atoms with Crippen molar-refractivity contribution in [2.45, 2.75) is 5.92 Å². The SMILES string of the molecule is C=C1c2ccc3ccccc3c2C(c2ccccc2)=CC1c1cccc(-c2cccc3ccncc23)c1. The van der Waals surface area contributed by atoms with E-state index in [4.69, 9.17) is 0 Å². The highest BCUT2D eigenvalue weighted by molar-refractivity contribution is 6.05. The van der Waals surface area contributed by atoms with Crippen molar-refractivity contribution in [3.05, 3.63) is 163 Å². The molecule has 5 aromatic carbocycles. The molecule has 1 aliphatic rings. The molecule has 0 saturated carbocycles. The van der Waals surface area contributed by atoms with Gasteiger partial charge in [-0.25, -0.2) is 0 Å². The van der Waals surface area contributed by atoms with Gasteiger partial charge in [-0.3, -0.25) is 4.98 Å². The number of pyridine rings is 1. The molecule has 0 aliphatic heterocycles. The molecule has 1 heterocycles. The van der Waals surface area contributed by atoms with Gasteiger partial charge in [0, 0.05) is 23.7 Å². The van der Waals surface area contributed by atoms with Gasteiger partial charge in [0.1, 0.15) is 0 Å². The predicted molar refractivity (Wildman–Crippen MR) is 156 cm³/mol. The molecule has 0 fully saturated rings. The van der Waals surface area contributed by atoms with Crippen molar-refractivity contribution in [3.8, 4) is 11.1 Å². The minimum Gasteiger partial charge on any atom is -0.264 e. The number of hydrogen-bond acceptors (Lipinski definition) is 1. The van der Waals surface area contributed by atoms with Crippen LogP contribution in [0.5, 0.6) is 0 Å². The third-order valence-electron chi connectivity index (χ3n) is 7.58. The predicted octanol–water partition coefficient (Wildman–Crippen LogP) is 9.30. The molecule has 0 bridgehead atoms. The third-order valence-corrected chi connectivity index (χ3v) is 7.58. The number of benzene rings is 5. The Morgan fingerprint density at radius 1 is 0.595 bits per heavy atom. The molecule has 6 aromatic rings. The van der Waals surface area contributed by atoms with Crippen LogP contribution in [0, 0.1) is 0 Å². The summed E-state index contributed by atoms with van der Waals surface area (Å²) in [7, 11) is 0. The molecule has 0 N–H and O–H groups in total. The Kier molecular flexibility index (Phi) is 5.08. The van der Waals surface area contributed by atoms with Crippen molar-refractivity contribution < 1.29 is 0 Å². The first kappa shape index (κ1) is 21.5. The van der Waals surface area contributed by atoms with Gasteiger partial charge in [-0.1, -0.05) is 122 Å². The van der Waals surface area contributed by atoms with Crippen LogP contribution >= 0.6 is 0 Å². The summed E-state index contributed by atoms with van der Waals surface area (Å²) in [5.41, 5.74) is 9.79. The third kappa shape index (κ3) is 3.59. The number of allylic oxidation sites excluding steroid dienone is 2. The number of nitrogens with zero attached hydrogens (tertiary/aromatic N) is 1. The van der Waals surface area contributed by atoms with Crippen LogP contribution in [0.3, 0.4) is 0 Å². The van der Waals surface area contributed by atoms with Gasteiger partial charge in [0.15, 0.2) is 0 Å². The fourth-order valence-corrected chi connectivity index (χ4v) is 5.77. The minimum absolute atomic E-state index is 0.0805. The van der Waals surface area contributed by atoms with Gasteiger partial charge in [-0.15, -0.1) is 0 Å². The van der Waals surface area contributed by atoms with Crippen LogP contribution in [0.2, 0.25) is 0 Å². The van der Waals surface area contributed by atoms with Crippen LogP contribution in [0.25, 0.3) is 43.8 Å². The van der Waals surface area contributed by atoms with Crippen LogP contribution in [-0.4, -0.2) is 4.98 Å². The first-order chi connectivity index (χ1) is 18.3. The Hall–Kier alpha value is -4.75. The molecule has 1 aliphatic carbocycles. The van der Waals surface area contributed by atoms with Crippen molar-refractivity contribution in [2.75, 3.05) is 0 Å². The normalized spacial score (nSPS) is 15.0. The van der Waals surface area contributed by atoms with Gasteiger partial charge in [0.05, 0.1) is 0 Å². The van der Waals surface area contributed by atoms with Gasteiger partial charge in [0.25, 0.3) is 0 Å². The molecule has 1 nitrogen and oxygen atoms in total. The summed E-state index contributed by atoms with van der Waals surface area (Å²) in [5, 5.41) is 4.89. The summed E-state index contributed by atoms with van der Waals surface area (Å²) in [5.74, 6) is 0.0805. The van der Waals surface area contributed by atoms with Gasteiger partial charge in [-0.05, 0) is 66.8 Å². The van der Waals surface area contributed by atoms with Crippen molar-refractivity contribution in [1.29, 1.82) is 0 Å². The summed E-state index contributed by atoms with van der Waals surface area (Å²) in [4.78, 5) is 4.39. The Morgan fingerprint density at radius 3 is 2.27 bits per heavy atom. The van der Waals surface area contributed by atoms with E-state index in [1.54, 1.807) is 0 Å². The van der Waals surface area contributed by atoms with Gasteiger partial charge in [0.2, 0.25) is 0 Å². The monoisotopic (exact) mass is 471 g/mol. The molecular weight excluding hydrogens is 446 g/mol. The largest absolute Gasteiger partial charge is 0.264 e. The zero-order valence-corrected chi connectivity index (χ0v) is 20.4. The number of hydrogen-bond donors (Lipinski definition) is 0. The average molecular weight is 472 g/mol. The Labute approximate surface area is 217 Å². The number of rotatable bonds is 3. The van der Waals surface area contributed by atoms with Crippen molar-refractivity contribution >= 4 is 32.7 Å². The van der Waals surface area contributed by atoms with E-state index in [9.17, 15) is 0 Å². The fraction of sp³-hybridized carbons (Fsp3) is 0.0278. The molecule has 7 rings (SSSR count). The van der Waals surface area contributed by atoms with E-state index in [1.807, 2.05) is 12.4 Å². The van der Waals surface area contributed by atoms with Crippen molar-refractivity contribution in [2.24, 2.45) is 0 Å². The summed E-state index contributed by atoms with van der Waals surface area (Å²) in [6.45, 7) is 4.65. The fourth-order valence-electron chi connectivity index (χ4n) is 5.77. The number of aromatic nitrogens is 1. The van der Waals surface area contributed by atoms with Crippen LogP contribution in [0.4, 0.5) is 0 Å². The lowest BCUT2D eigenvalue weighted by Gasteiger charge is -2.29. The summed E-state index contributed by atoms with van der Waals surface area (Å²) in [6.07, 6.45) is 6.23. The van der Waals surface area contributed by atoms with Crippen molar-refractivity contribution in [3.63, 3.8) is 0 Å². The maximum absolute atomic E-state index is 4.65. The first-order valence-electron chi connectivity index (χ1n) is 12.7. The molecule has 1 unspecified atom stereocenters. The molecule has 0 spiro atoms. The molecule has 0 radical (unpaired) electrons. The smallest absolute Gasteiger partial charge is 0.0352 e. The first-order valence-corrected chi connectivity index (χ1v) is 12.7. The molecule has 1 atom stereocenters. The van der Waals surface area contributed by atoms with E-state index in [-0.39, 0.29) is 5.92 Å². The maximum atomic E-state index is 4.65. The van der Waals surface area contributed by atoms with Crippen molar-refractivity contribution in [1.82, 2.24) is 4.98 Å². The molecule has 0 saturated heterocycles. The highest BCUT2D eigenvalue weighted by atomic mass is 14.6. The molecular formula is C36H25N. The van der Waals surface area contributed by atoms with E-state index in [1.165, 1.54) is 60.5 Å². The quantitative estimate of drug-likeness (QED) is 0.251. The van der Waals surface area contributed by atoms with Crippen LogP contribution in [0.15, 0.2) is 140 Å². The van der Waals surface area contributed by atoms with E-state index >= 15 is 0 Å². The van der Waals surface area contributed by atoms with Gasteiger partial charge >= 0.3 is 0 Å². The second kappa shape index (κ2) is 8.72. The second-order valence-corrected chi connectivity index (χ2v) is 9.69. The Morgan fingerprint density at radius 2 is 1.35 bits per heavy atom.